The first-order chi connectivity index (χ1) is 5.83. The van der Waals surface area contributed by atoms with Crippen LogP contribution in [0.2, 0.25) is 0 Å². The monoisotopic (exact) mass is 207 g/mol. The number of halogens is 1. The maximum absolute atomic E-state index is 11.1. The smallest absolute Gasteiger partial charge is 0.315 e. The molecule has 1 aliphatic rings. The van der Waals surface area contributed by atoms with Crippen LogP contribution in [0.15, 0.2) is 0 Å². The normalized spacial score (nSPS) is 21.5. The average Bonchev–Trinajstić information content (AvgIpc) is 2.06. The zero-order valence-corrected chi connectivity index (χ0v) is 8.75. The van der Waals surface area contributed by atoms with Crippen molar-refractivity contribution in [2.24, 2.45) is 0 Å². The summed E-state index contributed by atoms with van der Waals surface area (Å²) < 4.78 is 0. The largest absolute Gasteiger partial charge is 0.338 e. The van der Waals surface area contributed by atoms with Gasteiger partial charge in [0, 0.05) is 19.1 Å². The second-order valence-electron chi connectivity index (χ2n) is 3.05. The molecule has 1 fully saturated rings. The van der Waals surface area contributed by atoms with Gasteiger partial charge in [-0.15, -0.1) is 12.4 Å². The second kappa shape index (κ2) is 6.97. The predicted molar refractivity (Wildman–Crippen MR) is 55.3 cm³/mol. The van der Waals surface area contributed by atoms with E-state index in [4.69, 9.17) is 0 Å². The Bertz CT molecular complexity index is 148. The Labute approximate surface area is 85.3 Å². The zero-order chi connectivity index (χ0) is 8.81. The van der Waals surface area contributed by atoms with Gasteiger partial charge in [-0.3, -0.25) is 0 Å². The number of nitrogens with one attached hydrogen (secondary N) is 3. The van der Waals surface area contributed by atoms with Crippen molar-refractivity contribution in [3.63, 3.8) is 0 Å². The van der Waals surface area contributed by atoms with Crippen molar-refractivity contribution in [1.82, 2.24) is 16.0 Å². The molecular weight excluding hydrogens is 190 g/mol. The summed E-state index contributed by atoms with van der Waals surface area (Å²) in [6.07, 6.45) is 2.24. The Hall–Kier alpha value is -0.480. The third-order valence-corrected chi connectivity index (χ3v) is 1.97. The van der Waals surface area contributed by atoms with Crippen molar-refractivity contribution < 1.29 is 4.79 Å². The van der Waals surface area contributed by atoms with E-state index in [2.05, 4.69) is 16.0 Å². The summed E-state index contributed by atoms with van der Waals surface area (Å²) in [5.74, 6) is 0. The molecule has 5 heteroatoms. The standard InChI is InChI=1S/C8H17N3O.ClH/c1-2-10-8(12)11-7-4-3-5-9-6-7;/h7,9H,2-6H2,1H3,(H2,10,11,12);1H. The lowest BCUT2D eigenvalue weighted by molar-refractivity contribution is 0.234. The summed E-state index contributed by atoms with van der Waals surface area (Å²) >= 11 is 0. The van der Waals surface area contributed by atoms with Crippen LogP contribution < -0.4 is 16.0 Å². The highest BCUT2D eigenvalue weighted by Crippen LogP contribution is 2.00. The Kier molecular flexibility index (Phi) is 6.72. The molecule has 1 atom stereocenters. The van der Waals surface area contributed by atoms with Gasteiger partial charge in [0.15, 0.2) is 0 Å². The maximum atomic E-state index is 11.1. The molecule has 4 nitrogen and oxygen atoms in total. The molecule has 0 radical (unpaired) electrons. The van der Waals surface area contributed by atoms with E-state index >= 15 is 0 Å². The number of hydrogen-bond donors (Lipinski definition) is 3. The van der Waals surface area contributed by atoms with Gasteiger partial charge >= 0.3 is 6.03 Å². The predicted octanol–water partition coefficient (Wildman–Crippen LogP) is 0.479. The third kappa shape index (κ3) is 4.95. The lowest BCUT2D eigenvalue weighted by Gasteiger charge is -2.23. The molecule has 13 heavy (non-hydrogen) atoms. The zero-order valence-electron chi connectivity index (χ0n) is 7.93. The highest BCUT2D eigenvalue weighted by atomic mass is 35.5. The van der Waals surface area contributed by atoms with E-state index in [0.717, 1.165) is 25.9 Å². The van der Waals surface area contributed by atoms with Crippen LogP contribution in [-0.4, -0.2) is 31.7 Å². The summed E-state index contributed by atoms with van der Waals surface area (Å²) in [6.45, 7) is 4.58. The van der Waals surface area contributed by atoms with E-state index in [0.29, 0.717) is 12.6 Å². The molecule has 1 unspecified atom stereocenters. The van der Waals surface area contributed by atoms with Gasteiger partial charge in [0.1, 0.15) is 0 Å². The van der Waals surface area contributed by atoms with Crippen LogP contribution in [0.1, 0.15) is 19.8 Å². The Morgan fingerprint density at radius 1 is 1.62 bits per heavy atom. The van der Waals surface area contributed by atoms with Crippen LogP contribution >= 0.6 is 12.4 Å². The Morgan fingerprint density at radius 3 is 2.92 bits per heavy atom. The van der Waals surface area contributed by atoms with E-state index < -0.39 is 0 Å². The van der Waals surface area contributed by atoms with Gasteiger partial charge in [0.25, 0.3) is 0 Å². The molecule has 0 spiro atoms. The molecule has 0 saturated carbocycles. The lowest BCUT2D eigenvalue weighted by Crippen LogP contribution is -2.49. The van der Waals surface area contributed by atoms with Gasteiger partial charge in [-0.2, -0.15) is 0 Å². The number of rotatable bonds is 2. The molecule has 1 saturated heterocycles. The van der Waals surface area contributed by atoms with Crippen LogP contribution in [0, 0.1) is 0 Å². The van der Waals surface area contributed by atoms with Crippen molar-refractivity contribution in [2.75, 3.05) is 19.6 Å². The first kappa shape index (κ1) is 12.5. The fourth-order valence-electron chi connectivity index (χ4n) is 1.37. The number of urea groups is 1. The van der Waals surface area contributed by atoms with E-state index in [1.807, 2.05) is 6.92 Å². The highest BCUT2D eigenvalue weighted by molar-refractivity contribution is 5.85. The fraction of sp³-hybridized carbons (Fsp3) is 0.875. The number of amides is 2. The third-order valence-electron chi connectivity index (χ3n) is 1.97. The Morgan fingerprint density at radius 2 is 2.38 bits per heavy atom. The van der Waals surface area contributed by atoms with Crippen LogP contribution in [0.25, 0.3) is 0 Å². The van der Waals surface area contributed by atoms with Crippen molar-refractivity contribution in [1.29, 1.82) is 0 Å². The van der Waals surface area contributed by atoms with E-state index in [-0.39, 0.29) is 18.4 Å². The molecule has 2 amide bonds. The van der Waals surface area contributed by atoms with E-state index in [1.54, 1.807) is 0 Å². The number of carbonyl (C=O) groups is 1. The summed E-state index contributed by atoms with van der Waals surface area (Å²) in [5.41, 5.74) is 0. The number of hydrogen-bond acceptors (Lipinski definition) is 2. The minimum atomic E-state index is -0.0498. The van der Waals surface area contributed by atoms with Gasteiger partial charge in [0.2, 0.25) is 0 Å². The molecule has 78 valence electrons. The molecule has 0 bridgehead atoms. The highest BCUT2D eigenvalue weighted by Gasteiger charge is 2.13. The van der Waals surface area contributed by atoms with Crippen LogP contribution in [0.4, 0.5) is 4.79 Å². The molecular formula is C8H18ClN3O. The van der Waals surface area contributed by atoms with Gasteiger partial charge in [-0.05, 0) is 26.3 Å². The van der Waals surface area contributed by atoms with E-state index in [1.165, 1.54) is 0 Å². The molecule has 1 aliphatic heterocycles. The van der Waals surface area contributed by atoms with Crippen LogP contribution in [0.5, 0.6) is 0 Å². The number of carbonyl (C=O) groups excluding carboxylic acids is 1. The minimum Gasteiger partial charge on any atom is -0.338 e. The second-order valence-corrected chi connectivity index (χ2v) is 3.05. The van der Waals surface area contributed by atoms with Gasteiger partial charge < -0.3 is 16.0 Å². The Balaban J connectivity index is 0.00000144. The molecule has 0 aliphatic carbocycles. The fourth-order valence-corrected chi connectivity index (χ4v) is 1.37. The average molecular weight is 208 g/mol. The SMILES string of the molecule is CCNC(=O)NC1CCCNC1.Cl. The van der Waals surface area contributed by atoms with Crippen molar-refractivity contribution in [3.05, 3.63) is 0 Å². The topological polar surface area (TPSA) is 53.2 Å². The molecule has 1 heterocycles. The summed E-state index contributed by atoms with van der Waals surface area (Å²) in [6, 6.07) is 0.261. The molecule has 0 aromatic heterocycles. The quantitative estimate of drug-likeness (QED) is 0.617. The molecule has 0 aromatic carbocycles. The molecule has 3 N–H and O–H groups in total. The maximum Gasteiger partial charge on any atom is 0.315 e. The number of piperidine rings is 1. The van der Waals surface area contributed by atoms with Crippen LogP contribution in [0.3, 0.4) is 0 Å². The first-order valence-corrected chi connectivity index (χ1v) is 4.58. The summed E-state index contributed by atoms with van der Waals surface area (Å²) in [5, 5.41) is 8.86. The van der Waals surface area contributed by atoms with Gasteiger partial charge in [-0.25, -0.2) is 4.79 Å². The summed E-state index contributed by atoms with van der Waals surface area (Å²) in [4.78, 5) is 11.1. The lowest BCUT2D eigenvalue weighted by atomic mass is 10.1. The van der Waals surface area contributed by atoms with Crippen molar-refractivity contribution in [3.8, 4) is 0 Å². The van der Waals surface area contributed by atoms with E-state index in [9.17, 15) is 4.79 Å². The minimum absolute atomic E-state index is 0. The van der Waals surface area contributed by atoms with Crippen LogP contribution in [-0.2, 0) is 0 Å². The van der Waals surface area contributed by atoms with Gasteiger partial charge in [-0.1, -0.05) is 0 Å². The molecule has 1 rings (SSSR count). The van der Waals surface area contributed by atoms with Gasteiger partial charge in [0.05, 0.1) is 0 Å². The summed E-state index contributed by atoms with van der Waals surface area (Å²) in [7, 11) is 0. The van der Waals surface area contributed by atoms with Crippen molar-refractivity contribution >= 4 is 18.4 Å². The van der Waals surface area contributed by atoms with Crippen molar-refractivity contribution in [2.45, 2.75) is 25.8 Å². The first-order valence-electron chi connectivity index (χ1n) is 4.58. The molecule has 0 aromatic rings.